The highest BCUT2D eigenvalue weighted by Crippen LogP contribution is 2.53. The number of likely N-dealkylation sites (N-methyl/N-ethyl adjacent to an activating group) is 1. The first kappa shape index (κ1) is 27.3. The summed E-state index contributed by atoms with van der Waals surface area (Å²) in [6, 6.07) is -0.587. The lowest BCUT2D eigenvalue weighted by molar-refractivity contribution is -0.398. The number of nitrogens with zero attached hydrogens (tertiary/aromatic N) is 2. The zero-order chi connectivity index (χ0) is 28.5. The predicted molar refractivity (Wildman–Crippen MR) is 140 cm³/mol. The lowest BCUT2D eigenvalue weighted by atomic mass is 9.71. The molecule has 11 nitrogen and oxygen atoms in total. The zero-order valence-corrected chi connectivity index (χ0v) is 23.2. The van der Waals surface area contributed by atoms with Crippen LogP contribution in [0.5, 0.6) is 11.5 Å². The SMILES string of the molecule is COC1=C(C)C(=O)C2=C(C1=O)[C@H](CNC(=O)[C@H](C)[NH3+])N1[C@@H](O)C3Cc4cc(C)c(OC)c(O)c4C([C@@H]1C2)N3C. The van der Waals surface area contributed by atoms with Gasteiger partial charge in [0.15, 0.2) is 29.1 Å². The molecule has 0 spiro atoms. The van der Waals surface area contributed by atoms with Crippen molar-refractivity contribution < 1.29 is 39.8 Å². The molecule has 11 heteroatoms. The number of aryl methyl sites for hydroxylation is 1. The molecule has 1 fully saturated rings. The number of allylic oxidation sites excluding steroid dienone is 2. The quantitative estimate of drug-likeness (QED) is 0.361. The Hall–Kier alpha value is -3.25. The largest absolute Gasteiger partial charge is 0.504 e. The van der Waals surface area contributed by atoms with Crippen LogP contribution in [0.25, 0.3) is 0 Å². The first-order valence-corrected chi connectivity index (χ1v) is 13.2. The van der Waals surface area contributed by atoms with Crippen molar-refractivity contribution in [1.29, 1.82) is 0 Å². The number of aromatic hydroxyl groups is 1. The number of carbonyl (C=O) groups excluding carboxylic acids is 3. The highest BCUT2D eigenvalue weighted by molar-refractivity contribution is 6.25. The van der Waals surface area contributed by atoms with Crippen LogP contribution in [0.1, 0.15) is 43.0 Å². The van der Waals surface area contributed by atoms with E-state index in [1.165, 1.54) is 14.2 Å². The van der Waals surface area contributed by atoms with Crippen molar-refractivity contribution in [2.75, 3.05) is 27.8 Å². The Morgan fingerprint density at radius 1 is 1.18 bits per heavy atom. The maximum Gasteiger partial charge on any atom is 0.277 e. The molecule has 2 unspecified atom stereocenters. The monoisotopic (exact) mass is 541 g/mol. The van der Waals surface area contributed by atoms with E-state index in [1.807, 2.05) is 29.8 Å². The molecule has 0 saturated carbocycles. The third-order valence-electron chi connectivity index (χ3n) is 8.81. The Balaban J connectivity index is 1.69. The topological polar surface area (TPSA) is 156 Å². The van der Waals surface area contributed by atoms with Crippen LogP contribution in [0, 0.1) is 6.92 Å². The molecule has 1 amide bonds. The highest BCUT2D eigenvalue weighted by Gasteiger charge is 2.57. The molecular weight excluding hydrogens is 504 g/mol. The minimum Gasteiger partial charge on any atom is -0.504 e. The minimum absolute atomic E-state index is 0.000634. The number of quaternary nitrogens is 1. The third-order valence-corrected chi connectivity index (χ3v) is 8.81. The van der Waals surface area contributed by atoms with Gasteiger partial charge in [-0.15, -0.1) is 0 Å². The molecule has 6 N–H and O–H groups in total. The Bertz CT molecular complexity index is 1330. The fraction of sp³-hybridized carbons (Fsp3) is 0.536. The molecule has 1 saturated heterocycles. The summed E-state index contributed by atoms with van der Waals surface area (Å²) in [5.74, 6) is -0.607. The highest BCUT2D eigenvalue weighted by atomic mass is 16.5. The number of hydrogen-bond acceptors (Lipinski definition) is 9. The molecule has 4 aliphatic rings. The number of rotatable bonds is 5. The van der Waals surface area contributed by atoms with E-state index in [4.69, 9.17) is 9.47 Å². The molecule has 0 radical (unpaired) electrons. The minimum atomic E-state index is -1.01. The van der Waals surface area contributed by atoms with Crippen LogP contribution >= 0.6 is 0 Å². The second-order valence-electron chi connectivity index (χ2n) is 11.0. The number of hydrogen-bond donors (Lipinski definition) is 4. The first-order valence-electron chi connectivity index (χ1n) is 13.2. The summed E-state index contributed by atoms with van der Waals surface area (Å²) in [7, 11) is 4.76. The average Bonchev–Trinajstić information content (AvgIpc) is 2.88. The van der Waals surface area contributed by atoms with Crippen LogP contribution in [0.2, 0.25) is 0 Å². The Labute approximate surface area is 227 Å². The van der Waals surface area contributed by atoms with Crippen LogP contribution in [0.4, 0.5) is 0 Å². The summed E-state index contributed by atoms with van der Waals surface area (Å²) < 4.78 is 10.9. The Morgan fingerprint density at radius 3 is 2.49 bits per heavy atom. The number of fused-ring (bicyclic) bond motifs is 6. The number of phenolic OH excluding ortho intramolecular Hbond substituents is 1. The summed E-state index contributed by atoms with van der Waals surface area (Å²) >= 11 is 0. The molecule has 39 heavy (non-hydrogen) atoms. The Morgan fingerprint density at radius 2 is 1.87 bits per heavy atom. The normalized spacial score (nSPS) is 29.5. The van der Waals surface area contributed by atoms with Gasteiger partial charge in [0.25, 0.3) is 5.91 Å². The Kier molecular flexibility index (Phi) is 6.82. The number of ketones is 2. The maximum atomic E-state index is 13.7. The van der Waals surface area contributed by atoms with Crippen molar-refractivity contribution in [3.05, 3.63) is 45.2 Å². The number of aliphatic hydroxyl groups is 1. The number of ether oxygens (including phenoxy) is 2. The number of Topliss-reactive ketones (excluding diaryl/α,β-unsaturated/α-hetero) is 2. The summed E-state index contributed by atoms with van der Waals surface area (Å²) in [5, 5.41) is 26.1. The molecule has 3 heterocycles. The average molecular weight is 542 g/mol. The number of benzene rings is 1. The third kappa shape index (κ3) is 3.90. The summed E-state index contributed by atoms with van der Waals surface area (Å²) in [5.41, 5.74) is 7.00. The van der Waals surface area contributed by atoms with E-state index in [1.54, 1.807) is 13.8 Å². The molecule has 2 bridgehead atoms. The number of nitrogens with one attached hydrogen (secondary N) is 1. The van der Waals surface area contributed by atoms with Crippen molar-refractivity contribution in [3.63, 3.8) is 0 Å². The van der Waals surface area contributed by atoms with Gasteiger partial charge >= 0.3 is 0 Å². The van der Waals surface area contributed by atoms with Gasteiger partial charge in [-0.05, 0) is 51.8 Å². The number of amides is 1. The second kappa shape index (κ2) is 9.74. The number of piperazine rings is 1. The lowest BCUT2D eigenvalue weighted by Crippen LogP contribution is -2.72. The number of aliphatic hydroxyl groups excluding tert-OH is 1. The van der Waals surface area contributed by atoms with Gasteiger partial charge in [-0.1, -0.05) is 6.07 Å². The van der Waals surface area contributed by atoms with Gasteiger partial charge in [0.1, 0.15) is 6.23 Å². The van der Waals surface area contributed by atoms with Crippen molar-refractivity contribution >= 4 is 17.5 Å². The van der Waals surface area contributed by atoms with Crippen molar-refractivity contribution in [1.82, 2.24) is 15.1 Å². The van der Waals surface area contributed by atoms with Crippen LogP contribution in [0.3, 0.4) is 0 Å². The number of carbonyl (C=O) groups is 3. The number of methoxy groups -OCH3 is 2. The van der Waals surface area contributed by atoms with E-state index in [-0.39, 0.29) is 53.4 Å². The van der Waals surface area contributed by atoms with Gasteiger partial charge in [-0.25, -0.2) is 0 Å². The van der Waals surface area contributed by atoms with Crippen LogP contribution in [-0.4, -0.2) is 95.7 Å². The van der Waals surface area contributed by atoms with E-state index in [0.717, 1.165) is 11.1 Å². The molecule has 6 atom stereocenters. The maximum absolute atomic E-state index is 13.7. The van der Waals surface area contributed by atoms with Gasteiger partial charge < -0.3 is 30.7 Å². The van der Waals surface area contributed by atoms with Gasteiger partial charge in [-0.2, -0.15) is 0 Å². The van der Waals surface area contributed by atoms with Crippen molar-refractivity contribution in [2.45, 2.75) is 70.0 Å². The van der Waals surface area contributed by atoms with Gasteiger partial charge in [-0.3, -0.25) is 24.2 Å². The van der Waals surface area contributed by atoms with E-state index in [2.05, 4.69) is 11.1 Å². The molecule has 3 aliphatic heterocycles. The van der Waals surface area contributed by atoms with Crippen LogP contribution in [0.15, 0.2) is 28.5 Å². The number of phenols is 1. The second-order valence-corrected chi connectivity index (χ2v) is 11.0. The van der Waals surface area contributed by atoms with E-state index >= 15 is 0 Å². The summed E-state index contributed by atoms with van der Waals surface area (Å²) in [6.45, 7) is 5.10. The molecule has 1 aromatic rings. The molecule has 5 rings (SSSR count). The predicted octanol–water partition coefficient (Wildman–Crippen LogP) is -0.503. The molecule has 210 valence electrons. The lowest BCUT2D eigenvalue weighted by Gasteiger charge is -2.60. The van der Waals surface area contributed by atoms with Gasteiger partial charge in [0, 0.05) is 34.9 Å². The van der Waals surface area contributed by atoms with Crippen molar-refractivity contribution in [2.24, 2.45) is 0 Å². The molecule has 1 aromatic carbocycles. The van der Waals surface area contributed by atoms with E-state index in [0.29, 0.717) is 23.3 Å². The molecular formula is C28H37N4O7+. The zero-order valence-electron chi connectivity index (χ0n) is 23.2. The smallest absolute Gasteiger partial charge is 0.277 e. The van der Waals surface area contributed by atoms with Gasteiger partial charge in [0.05, 0.1) is 32.3 Å². The van der Waals surface area contributed by atoms with Crippen LogP contribution in [-0.2, 0) is 25.5 Å². The molecule has 0 aromatic heterocycles. The van der Waals surface area contributed by atoms with E-state index < -0.39 is 36.2 Å². The first-order chi connectivity index (χ1) is 18.4. The summed E-state index contributed by atoms with van der Waals surface area (Å²) in [4.78, 5) is 43.8. The fourth-order valence-corrected chi connectivity index (χ4v) is 6.99. The van der Waals surface area contributed by atoms with E-state index in [9.17, 15) is 24.6 Å². The molecule has 1 aliphatic carbocycles. The fourth-order valence-electron chi connectivity index (χ4n) is 6.99. The summed E-state index contributed by atoms with van der Waals surface area (Å²) in [6.07, 6.45) is -0.373. The van der Waals surface area contributed by atoms with Crippen LogP contribution < -0.4 is 15.8 Å². The standard InChI is InChI=1S/C28H36N4O7/c1-11-7-14-8-17-28(37)32-16(21(31(17)4)19(14)23(34)25(11)38-5)9-15-20(18(32)10-30-27(36)13(3)29)24(35)26(39-6)12(2)22(15)33/h7,13,16-18,21,28,34,37H,8-10,29H2,1-6H3,(H,30,36)/p+1/t13-,16-,17?,18-,21?,28-/m0/s1. The van der Waals surface area contributed by atoms with Gasteiger partial charge in [0.2, 0.25) is 5.78 Å². The van der Waals surface area contributed by atoms with Crippen molar-refractivity contribution in [3.8, 4) is 11.5 Å².